The number of aliphatic hydroxyl groups is 2. The van der Waals surface area contributed by atoms with Crippen LogP contribution in [0.25, 0.3) is 0 Å². The van der Waals surface area contributed by atoms with Crippen molar-refractivity contribution in [1.29, 1.82) is 0 Å². The molecule has 10 nitrogen and oxygen atoms in total. The number of aliphatic carboxylic acids is 1. The molecule has 10 heteroatoms. The highest BCUT2D eigenvalue weighted by Gasteiger charge is 2.76. The predicted molar refractivity (Wildman–Crippen MR) is 129 cm³/mol. The van der Waals surface area contributed by atoms with Crippen LogP contribution in [0.15, 0.2) is 6.07 Å². The standard InChI is InChI=1S/C27H34N2O8/c1-29(12-15-2-3-15)9-8-26-23-16-10-20(37-28-17(13-30)4-5-22(33)34)18(14-31)24(23)36-25(26)19(32)6-7-27(26,35)21(29)11-16/h10,13,15,17,21,25,28,31,35H,2-9,11-12,14H2,1H3/p+1/t17-,21+,25-,26-,27+,29+/m0/s1. The van der Waals surface area contributed by atoms with Gasteiger partial charge in [-0.2, -0.15) is 0 Å². The Balaban J connectivity index is 1.42. The van der Waals surface area contributed by atoms with E-state index < -0.39 is 35.7 Å². The Morgan fingerprint density at radius 2 is 2.16 bits per heavy atom. The van der Waals surface area contributed by atoms with Crippen LogP contribution in [-0.2, 0) is 32.8 Å². The molecule has 1 aromatic carbocycles. The zero-order valence-electron chi connectivity index (χ0n) is 21.1. The smallest absolute Gasteiger partial charge is 0.303 e. The van der Waals surface area contributed by atoms with Crippen LogP contribution < -0.4 is 15.1 Å². The monoisotopic (exact) mass is 515 g/mol. The third-order valence-electron chi connectivity index (χ3n) is 9.79. The van der Waals surface area contributed by atoms with Crippen molar-refractivity contribution in [2.45, 2.75) is 87.2 Å². The van der Waals surface area contributed by atoms with Crippen molar-refractivity contribution in [2.75, 3.05) is 20.1 Å². The molecule has 1 aromatic rings. The molecular formula is C27H35N2O8+. The normalized spacial score (nSPS) is 35.9. The number of carboxylic acids is 1. The van der Waals surface area contributed by atoms with Gasteiger partial charge in [0.15, 0.2) is 17.6 Å². The molecule has 1 spiro atoms. The lowest BCUT2D eigenvalue weighted by Crippen LogP contribution is -2.80. The molecule has 0 amide bonds. The number of ether oxygens (including phenoxy) is 1. The number of likely N-dealkylation sites (tertiary alicyclic amines) is 1. The minimum atomic E-state index is -1.08. The van der Waals surface area contributed by atoms with Gasteiger partial charge in [0.1, 0.15) is 23.7 Å². The Morgan fingerprint density at radius 1 is 1.38 bits per heavy atom. The highest BCUT2D eigenvalue weighted by molar-refractivity contribution is 5.90. The largest absolute Gasteiger partial charge is 0.481 e. The number of Topliss-reactive ketones (excluding diaryl/α,β-unsaturated/α-hetero) is 1. The third-order valence-corrected chi connectivity index (χ3v) is 9.79. The lowest BCUT2D eigenvalue weighted by Gasteiger charge is -2.64. The number of likely N-dealkylation sites (N-methyl/N-ethyl adjacent to an activating group) is 1. The fraction of sp³-hybridized carbons (Fsp3) is 0.667. The molecule has 3 aliphatic carbocycles. The molecular weight excluding hydrogens is 480 g/mol. The quantitative estimate of drug-likeness (QED) is 0.202. The number of aliphatic hydroxyl groups excluding tert-OH is 1. The first-order chi connectivity index (χ1) is 17.7. The van der Waals surface area contributed by atoms with E-state index in [1.165, 1.54) is 12.8 Å². The summed E-state index contributed by atoms with van der Waals surface area (Å²) in [6.45, 7) is 1.44. The fourth-order valence-corrected chi connectivity index (χ4v) is 7.87. The maximum absolute atomic E-state index is 13.2. The molecule has 6 rings (SSSR count). The Labute approximate surface area is 215 Å². The van der Waals surface area contributed by atoms with Gasteiger partial charge < -0.3 is 34.2 Å². The number of hydroxylamine groups is 1. The molecule has 2 bridgehead atoms. The van der Waals surface area contributed by atoms with E-state index in [1.807, 2.05) is 6.07 Å². The first kappa shape index (κ1) is 24.8. The first-order valence-electron chi connectivity index (χ1n) is 13.3. The predicted octanol–water partition coefficient (Wildman–Crippen LogP) is 0.772. The van der Waals surface area contributed by atoms with Crippen LogP contribution in [0.2, 0.25) is 0 Å². The highest BCUT2D eigenvalue weighted by Crippen LogP contribution is 2.66. The second kappa shape index (κ2) is 8.49. The van der Waals surface area contributed by atoms with Crippen molar-refractivity contribution in [3.05, 3.63) is 22.8 Å². The summed E-state index contributed by atoms with van der Waals surface area (Å²) < 4.78 is 7.12. The maximum Gasteiger partial charge on any atom is 0.303 e. The summed E-state index contributed by atoms with van der Waals surface area (Å²) in [5.74, 6) is 0.315. The number of carbonyl (C=O) groups is 3. The Bertz CT molecular complexity index is 1170. The fourth-order valence-electron chi connectivity index (χ4n) is 7.87. The topological polar surface area (TPSA) is 142 Å². The minimum absolute atomic E-state index is 0.0232. The van der Waals surface area contributed by atoms with Crippen molar-refractivity contribution >= 4 is 18.0 Å². The number of nitrogens with one attached hydrogen (secondary N) is 1. The van der Waals surface area contributed by atoms with Crippen LogP contribution in [0.5, 0.6) is 11.5 Å². The molecule has 0 radical (unpaired) electrons. The van der Waals surface area contributed by atoms with Crippen LogP contribution in [0, 0.1) is 5.92 Å². The Morgan fingerprint density at radius 3 is 2.84 bits per heavy atom. The lowest BCUT2D eigenvalue weighted by molar-refractivity contribution is -0.950. The van der Waals surface area contributed by atoms with Crippen molar-refractivity contribution < 1.29 is 43.8 Å². The minimum Gasteiger partial charge on any atom is -0.481 e. The zero-order valence-corrected chi connectivity index (χ0v) is 21.1. The van der Waals surface area contributed by atoms with Gasteiger partial charge in [-0.25, -0.2) is 0 Å². The van der Waals surface area contributed by atoms with Crippen LogP contribution in [0.1, 0.15) is 61.6 Å². The van der Waals surface area contributed by atoms with Crippen LogP contribution >= 0.6 is 0 Å². The number of hydrogen-bond donors (Lipinski definition) is 4. The summed E-state index contributed by atoms with van der Waals surface area (Å²) in [6, 6.07) is 0.889. The van der Waals surface area contributed by atoms with E-state index in [2.05, 4.69) is 12.5 Å². The van der Waals surface area contributed by atoms with E-state index in [-0.39, 0.29) is 36.8 Å². The van der Waals surface area contributed by atoms with Gasteiger partial charge in [-0.05, 0) is 37.3 Å². The number of piperidine rings is 1. The SMILES string of the molecule is C[N@+]1(CC2CC2)CC[C@]23c4c5cc(ON[C@H](C=O)CCC(=O)O)c(CO)c4O[C@H]2C(=O)CC[C@@]3(O)[C@H]1C5. The Kier molecular flexibility index (Phi) is 5.69. The molecule has 4 N–H and O–H groups in total. The average Bonchev–Trinajstić information content (AvgIpc) is 3.59. The van der Waals surface area contributed by atoms with E-state index in [9.17, 15) is 24.6 Å². The summed E-state index contributed by atoms with van der Waals surface area (Å²) in [7, 11) is 2.24. The number of rotatable bonds is 10. The number of ketones is 1. The molecule has 6 atom stereocenters. The van der Waals surface area contributed by atoms with E-state index in [0.29, 0.717) is 42.8 Å². The lowest BCUT2D eigenvalue weighted by atomic mass is 9.48. The summed E-state index contributed by atoms with van der Waals surface area (Å²) in [4.78, 5) is 41.4. The van der Waals surface area contributed by atoms with E-state index in [0.717, 1.165) is 28.7 Å². The third kappa shape index (κ3) is 3.49. The Hall–Kier alpha value is -2.53. The number of aldehydes is 1. The van der Waals surface area contributed by atoms with E-state index >= 15 is 0 Å². The first-order valence-corrected chi connectivity index (χ1v) is 13.3. The molecule has 37 heavy (non-hydrogen) atoms. The molecule has 2 aliphatic heterocycles. The summed E-state index contributed by atoms with van der Waals surface area (Å²) in [5.41, 5.74) is 2.82. The highest BCUT2D eigenvalue weighted by atomic mass is 16.6. The van der Waals surface area contributed by atoms with Gasteiger partial charge in [0.05, 0.1) is 43.8 Å². The van der Waals surface area contributed by atoms with Gasteiger partial charge in [-0.1, -0.05) is 0 Å². The van der Waals surface area contributed by atoms with Crippen molar-refractivity contribution in [2.24, 2.45) is 5.92 Å². The van der Waals surface area contributed by atoms with Crippen molar-refractivity contribution in [3.63, 3.8) is 0 Å². The van der Waals surface area contributed by atoms with E-state index in [1.54, 1.807) is 0 Å². The number of carboxylic acid groups (broad SMARTS) is 1. The van der Waals surface area contributed by atoms with Gasteiger partial charge in [0.25, 0.3) is 0 Å². The van der Waals surface area contributed by atoms with Crippen molar-refractivity contribution in [3.8, 4) is 11.5 Å². The number of benzene rings is 1. The van der Waals surface area contributed by atoms with Crippen LogP contribution in [-0.4, -0.2) is 81.8 Å². The average molecular weight is 516 g/mol. The van der Waals surface area contributed by atoms with Crippen molar-refractivity contribution in [1.82, 2.24) is 5.48 Å². The molecule has 2 saturated carbocycles. The number of nitrogens with zero attached hydrogens (tertiary/aromatic N) is 1. The maximum atomic E-state index is 13.2. The van der Waals surface area contributed by atoms with Gasteiger partial charge >= 0.3 is 5.97 Å². The van der Waals surface area contributed by atoms with Gasteiger partial charge in [-0.3, -0.25) is 9.59 Å². The number of hydrogen-bond acceptors (Lipinski definition) is 8. The van der Waals surface area contributed by atoms with Crippen LogP contribution in [0.3, 0.4) is 0 Å². The zero-order chi connectivity index (χ0) is 26.2. The molecule has 1 saturated heterocycles. The van der Waals surface area contributed by atoms with E-state index in [4.69, 9.17) is 14.7 Å². The molecule has 200 valence electrons. The molecule has 0 aromatic heterocycles. The number of quaternary nitrogens is 1. The molecule has 0 unspecified atom stereocenters. The molecule has 5 aliphatic rings. The summed E-state index contributed by atoms with van der Waals surface area (Å²) in [6.07, 6.45) is 3.97. The second-order valence-electron chi connectivity index (χ2n) is 11.9. The second-order valence-corrected chi connectivity index (χ2v) is 11.9. The van der Waals surface area contributed by atoms with Gasteiger partial charge in [-0.15, -0.1) is 5.48 Å². The number of carbonyl (C=O) groups excluding carboxylic acids is 2. The molecule has 2 heterocycles. The summed E-state index contributed by atoms with van der Waals surface area (Å²) in [5, 5.41) is 31.8. The van der Waals surface area contributed by atoms with Crippen LogP contribution in [0.4, 0.5) is 0 Å². The van der Waals surface area contributed by atoms with Gasteiger partial charge in [0.2, 0.25) is 0 Å². The van der Waals surface area contributed by atoms with Gasteiger partial charge in [0, 0.05) is 37.2 Å². The molecule has 3 fully saturated rings. The summed E-state index contributed by atoms with van der Waals surface area (Å²) >= 11 is 0.